The molecular weight excluding hydrogens is 306 g/mol. The highest BCUT2D eigenvalue weighted by atomic mass is 16.2. The average Bonchev–Trinajstić information content (AvgIpc) is 3.27. The number of hydrogen-bond acceptors (Lipinski definition) is 3. The minimum Gasteiger partial charge on any atom is -0.334 e. The summed E-state index contributed by atoms with van der Waals surface area (Å²) < 4.78 is 0. The number of amides is 4. The Kier molecular flexibility index (Phi) is 3.59. The summed E-state index contributed by atoms with van der Waals surface area (Å²) in [5.41, 5.74) is 0.984. The molecule has 1 aromatic carbocycles. The SMILES string of the molecule is O=C(NCc1ccccc1)NCN1C(=O)C2C3C=CC(C3)C2C1=O. The second kappa shape index (κ2) is 5.78. The van der Waals surface area contributed by atoms with Gasteiger partial charge in [0.15, 0.2) is 0 Å². The number of carbonyl (C=O) groups excluding carboxylic acids is 3. The van der Waals surface area contributed by atoms with E-state index in [0.29, 0.717) is 6.54 Å². The van der Waals surface area contributed by atoms with Crippen molar-refractivity contribution in [2.45, 2.75) is 13.0 Å². The molecule has 4 atom stereocenters. The molecule has 2 bridgehead atoms. The summed E-state index contributed by atoms with van der Waals surface area (Å²) in [6.07, 6.45) is 5.02. The Morgan fingerprint density at radius 3 is 2.25 bits per heavy atom. The molecule has 6 heteroatoms. The van der Waals surface area contributed by atoms with Crippen LogP contribution in [0.15, 0.2) is 42.5 Å². The predicted molar refractivity (Wildman–Crippen MR) is 86.3 cm³/mol. The number of fused-ring (bicyclic) bond motifs is 5. The van der Waals surface area contributed by atoms with E-state index in [2.05, 4.69) is 22.8 Å². The molecule has 2 aliphatic carbocycles. The highest BCUT2D eigenvalue weighted by molar-refractivity contribution is 6.06. The molecule has 2 fully saturated rings. The van der Waals surface area contributed by atoms with Gasteiger partial charge in [-0.25, -0.2) is 4.79 Å². The van der Waals surface area contributed by atoms with Gasteiger partial charge in [-0.3, -0.25) is 14.5 Å². The van der Waals surface area contributed by atoms with Crippen LogP contribution in [0.4, 0.5) is 4.79 Å². The smallest absolute Gasteiger partial charge is 0.316 e. The number of nitrogens with one attached hydrogen (secondary N) is 2. The Bertz CT molecular complexity index is 685. The zero-order valence-corrected chi connectivity index (χ0v) is 13.1. The summed E-state index contributed by atoms with van der Waals surface area (Å²) in [6.45, 7) is 0.332. The Hall–Kier alpha value is -2.63. The summed E-state index contributed by atoms with van der Waals surface area (Å²) in [4.78, 5) is 38.0. The van der Waals surface area contributed by atoms with Gasteiger partial charge in [-0.1, -0.05) is 42.5 Å². The summed E-state index contributed by atoms with van der Waals surface area (Å²) in [6, 6.07) is 9.15. The van der Waals surface area contributed by atoms with Crippen molar-refractivity contribution in [2.75, 3.05) is 6.67 Å². The molecule has 1 heterocycles. The lowest BCUT2D eigenvalue weighted by Gasteiger charge is -2.18. The van der Waals surface area contributed by atoms with Gasteiger partial charge in [0, 0.05) is 6.54 Å². The largest absolute Gasteiger partial charge is 0.334 e. The number of carbonyl (C=O) groups is 3. The van der Waals surface area contributed by atoms with Crippen molar-refractivity contribution < 1.29 is 14.4 Å². The molecule has 0 radical (unpaired) electrons. The minimum atomic E-state index is -0.391. The zero-order chi connectivity index (χ0) is 16.7. The van der Waals surface area contributed by atoms with Crippen LogP contribution in [-0.2, 0) is 16.1 Å². The molecule has 0 spiro atoms. The van der Waals surface area contributed by atoms with E-state index < -0.39 is 6.03 Å². The van der Waals surface area contributed by atoms with Crippen molar-refractivity contribution in [1.82, 2.24) is 15.5 Å². The van der Waals surface area contributed by atoms with E-state index in [9.17, 15) is 14.4 Å². The minimum absolute atomic E-state index is 0.0648. The van der Waals surface area contributed by atoms with Crippen LogP contribution in [0.3, 0.4) is 0 Å². The fourth-order valence-corrected chi connectivity index (χ4v) is 4.11. The Labute approximate surface area is 139 Å². The number of urea groups is 1. The number of benzene rings is 1. The molecule has 4 rings (SSSR count). The van der Waals surface area contributed by atoms with Gasteiger partial charge >= 0.3 is 6.03 Å². The van der Waals surface area contributed by atoms with E-state index >= 15 is 0 Å². The number of allylic oxidation sites excluding steroid dienone is 2. The van der Waals surface area contributed by atoms with E-state index in [0.717, 1.165) is 12.0 Å². The molecular formula is C18H19N3O3. The first-order valence-electron chi connectivity index (χ1n) is 8.24. The van der Waals surface area contributed by atoms with Gasteiger partial charge < -0.3 is 10.6 Å². The van der Waals surface area contributed by atoms with Gasteiger partial charge in [-0.05, 0) is 23.8 Å². The molecule has 0 aromatic heterocycles. The van der Waals surface area contributed by atoms with E-state index in [-0.39, 0.29) is 42.2 Å². The van der Waals surface area contributed by atoms with Crippen molar-refractivity contribution in [3.8, 4) is 0 Å². The molecule has 2 N–H and O–H groups in total. The van der Waals surface area contributed by atoms with Crippen LogP contribution >= 0.6 is 0 Å². The lowest BCUT2D eigenvalue weighted by molar-refractivity contribution is -0.140. The molecule has 4 amide bonds. The van der Waals surface area contributed by atoms with Gasteiger partial charge in [-0.2, -0.15) is 0 Å². The number of hydrogen-bond donors (Lipinski definition) is 2. The fraction of sp³-hybridized carbons (Fsp3) is 0.389. The second-order valence-corrected chi connectivity index (χ2v) is 6.61. The van der Waals surface area contributed by atoms with Crippen LogP contribution in [0.25, 0.3) is 0 Å². The summed E-state index contributed by atoms with van der Waals surface area (Å²) >= 11 is 0. The van der Waals surface area contributed by atoms with Gasteiger partial charge in [0.25, 0.3) is 0 Å². The second-order valence-electron chi connectivity index (χ2n) is 6.61. The van der Waals surface area contributed by atoms with E-state index in [1.54, 1.807) is 0 Å². The van der Waals surface area contributed by atoms with Crippen molar-refractivity contribution in [3.05, 3.63) is 48.0 Å². The quantitative estimate of drug-likeness (QED) is 0.646. The maximum Gasteiger partial charge on any atom is 0.316 e. The topological polar surface area (TPSA) is 78.5 Å². The number of nitrogens with zero attached hydrogens (tertiary/aromatic N) is 1. The maximum atomic E-state index is 12.5. The van der Waals surface area contributed by atoms with Crippen LogP contribution in [-0.4, -0.2) is 29.4 Å². The number of likely N-dealkylation sites (tertiary alicyclic amines) is 1. The zero-order valence-electron chi connectivity index (χ0n) is 13.1. The molecule has 1 saturated carbocycles. The Morgan fingerprint density at radius 1 is 1.00 bits per heavy atom. The number of rotatable bonds is 4. The van der Waals surface area contributed by atoms with Crippen LogP contribution in [0.2, 0.25) is 0 Å². The predicted octanol–water partition coefficient (Wildman–Crippen LogP) is 1.25. The Morgan fingerprint density at radius 2 is 1.62 bits per heavy atom. The third-order valence-corrected chi connectivity index (χ3v) is 5.26. The van der Waals surface area contributed by atoms with Gasteiger partial charge in [-0.15, -0.1) is 0 Å². The third-order valence-electron chi connectivity index (χ3n) is 5.26. The Balaban J connectivity index is 1.31. The molecule has 1 aliphatic heterocycles. The first-order valence-corrected chi connectivity index (χ1v) is 8.24. The molecule has 124 valence electrons. The van der Waals surface area contributed by atoms with E-state index in [1.807, 2.05) is 30.3 Å². The highest BCUT2D eigenvalue weighted by Crippen LogP contribution is 2.52. The van der Waals surface area contributed by atoms with Crippen molar-refractivity contribution in [3.63, 3.8) is 0 Å². The van der Waals surface area contributed by atoms with Crippen molar-refractivity contribution in [2.24, 2.45) is 23.7 Å². The first-order chi connectivity index (χ1) is 11.6. The normalized spacial score (nSPS) is 29.9. The van der Waals surface area contributed by atoms with Crippen LogP contribution in [0.1, 0.15) is 12.0 Å². The van der Waals surface area contributed by atoms with E-state index in [1.165, 1.54) is 4.90 Å². The molecule has 24 heavy (non-hydrogen) atoms. The number of imide groups is 1. The van der Waals surface area contributed by atoms with Gasteiger partial charge in [0.2, 0.25) is 11.8 Å². The van der Waals surface area contributed by atoms with Crippen LogP contribution in [0, 0.1) is 23.7 Å². The molecule has 1 aromatic rings. The fourth-order valence-electron chi connectivity index (χ4n) is 4.11. The maximum absolute atomic E-state index is 12.5. The monoisotopic (exact) mass is 325 g/mol. The first kappa shape index (κ1) is 14.9. The summed E-state index contributed by atoms with van der Waals surface area (Å²) in [5, 5.41) is 5.33. The standard InChI is InChI=1S/C18H19N3O3/c22-16-14-12-6-7-13(8-12)15(14)17(23)21(16)10-20-18(24)19-9-11-4-2-1-3-5-11/h1-7,12-15H,8-10H2,(H2,19,20,24). The lowest BCUT2D eigenvalue weighted by Crippen LogP contribution is -2.45. The molecule has 6 nitrogen and oxygen atoms in total. The van der Waals surface area contributed by atoms with Gasteiger partial charge in [0.05, 0.1) is 11.8 Å². The lowest BCUT2D eigenvalue weighted by atomic mass is 9.85. The summed E-state index contributed by atoms with van der Waals surface area (Å²) in [5.74, 6) is -0.361. The van der Waals surface area contributed by atoms with Crippen molar-refractivity contribution in [1.29, 1.82) is 0 Å². The van der Waals surface area contributed by atoms with E-state index in [4.69, 9.17) is 0 Å². The third kappa shape index (κ3) is 2.38. The average molecular weight is 325 g/mol. The van der Waals surface area contributed by atoms with Crippen LogP contribution in [0.5, 0.6) is 0 Å². The van der Waals surface area contributed by atoms with Crippen molar-refractivity contribution >= 4 is 17.8 Å². The molecule has 4 unspecified atom stereocenters. The van der Waals surface area contributed by atoms with Gasteiger partial charge in [0.1, 0.15) is 6.67 Å². The highest BCUT2D eigenvalue weighted by Gasteiger charge is 2.59. The van der Waals surface area contributed by atoms with Crippen LogP contribution < -0.4 is 10.6 Å². The summed E-state index contributed by atoms with van der Waals surface area (Å²) in [7, 11) is 0. The molecule has 1 saturated heterocycles. The molecule has 3 aliphatic rings.